The summed E-state index contributed by atoms with van der Waals surface area (Å²) in [6, 6.07) is 52.9. The molecule has 0 saturated heterocycles. The van der Waals surface area contributed by atoms with Crippen LogP contribution < -0.4 is 14.5 Å². The van der Waals surface area contributed by atoms with Gasteiger partial charge in [-0.05, 0) is 139 Å². The molecule has 428 valence electrons. The number of ether oxygens (including phenoxy) is 1. The zero-order valence-corrected chi connectivity index (χ0v) is 51.5. The Morgan fingerprint density at radius 1 is 0.547 bits per heavy atom. The molecule has 12 aromatic rings. The van der Waals surface area contributed by atoms with Gasteiger partial charge in [-0.1, -0.05) is 205 Å². The lowest BCUT2D eigenvalue weighted by Gasteiger charge is -2.30. The van der Waals surface area contributed by atoms with E-state index in [2.05, 4.69) is 224 Å². The van der Waals surface area contributed by atoms with Gasteiger partial charge in [-0.2, -0.15) is 0 Å². The van der Waals surface area contributed by atoms with Crippen LogP contribution in [-0.4, -0.2) is 16.2 Å². The second-order valence-corrected chi connectivity index (χ2v) is 26.8. The Balaban J connectivity index is 1.04. The minimum absolute atomic E-state index is 0.135. The number of fused-ring (bicyclic) bond motifs is 8. The number of aromatic nitrogens is 2. The fourth-order valence-corrected chi connectivity index (χ4v) is 12.6. The standard InChI is InChI=1S/C79H75N5O2/c1-48(2)59-25-20-26-60(49(3)4)72(59)52-41-56(82-47-83(68-32-19-18-31-67(68)82)74-61(50-23-16-15-17-24-50)27-21-28-62(74)51-39-54(78(8,9)10)43-55(40-51)79(11,12)13)45-58(42-52)85-57-33-34-65-70(46-57)84(71-44-53(37-38-81-71)77(5,6)7)69-36-35-64-63-29-22-30-66(80-14)75(63)86-76(64)73(65)69/h15-46,48-49H,47H2,1-13H3/i15D,16D,17D,23D,24D. The minimum atomic E-state index is -0.439. The van der Waals surface area contributed by atoms with Crippen molar-refractivity contribution in [1.29, 1.82) is 0 Å². The van der Waals surface area contributed by atoms with Gasteiger partial charge in [0.1, 0.15) is 35.2 Å². The van der Waals surface area contributed by atoms with Crippen molar-refractivity contribution >= 4 is 72.2 Å². The predicted molar refractivity (Wildman–Crippen MR) is 361 cm³/mol. The molecular weight excluding hydrogens is 1050 g/mol. The van der Waals surface area contributed by atoms with Crippen LogP contribution in [0.15, 0.2) is 199 Å². The number of para-hydroxylation sites is 4. The van der Waals surface area contributed by atoms with Gasteiger partial charge < -0.3 is 19.0 Å². The third-order valence-corrected chi connectivity index (χ3v) is 17.2. The van der Waals surface area contributed by atoms with Crippen LogP contribution in [0, 0.1) is 6.57 Å². The molecule has 9 aromatic carbocycles. The van der Waals surface area contributed by atoms with E-state index in [1.54, 1.807) is 6.07 Å². The summed E-state index contributed by atoms with van der Waals surface area (Å²) in [4.78, 5) is 13.4. The van der Waals surface area contributed by atoms with Crippen LogP contribution in [0.4, 0.5) is 28.4 Å². The van der Waals surface area contributed by atoms with E-state index in [9.17, 15) is 2.74 Å². The van der Waals surface area contributed by atoms with Gasteiger partial charge >= 0.3 is 0 Å². The highest BCUT2D eigenvalue weighted by Gasteiger charge is 2.34. The maximum Gasteiger partial charge on any atom is 0.229 e. The lowest BCUT2D eigenvalue weighted by atomic mass is 9.78. The Morgan fingerprint density at radius 2 is 1.17 bits per heavy atom. The first-order valence-electron chi connectivity index (χ1n) is 32.5. The van der Waals surface area contributed by atoms with Gasteiger partial charge in [-0.15, -0.1) is 0 Å². The fourth-order valence-electron chi connectivity index (χ4n) is 12.6. The summed E-state index contributed by atoms with van der Waals surface area (Å²) in [5.74, 6) is 2.36. The topological polar surface area (TPSA) is 51.0 Å². The summed E-state index contributed by atoms with van der Waals surface area (Å²) in [5, 5.41) is 3.67. The second-order valence-electron chi connectivity index (χ2n) is 26.8. The fraction of sp³-hybridized carbons (Fsp3) is 0.241. The van der Waals surface area contributed by atoms with Crippen LogP contribution in [-0.2, 0) is 16.2 Å². The van der Waals surface area contributed by atoms with Gasteiger partial charge in [0.15, 0.2) is 0 Å². The molecule has 0 radical (unpaired) electrons. The van der Waals surface area contributed by atoms with E-state index in [1.165, 1.54) is 11.1 Å². The van der Waals surface area contributed by atoms with Crippen molar-refractivity contribution in [3.63, 3.8) is 0 Å². The average Bonchev–Trinajstić information content (AvgIpc) is 1.68. The lowest BCUT2D eigenvalue weighted by molar-refractivity contribution is 0.483. The quantitative estimate of drug-likeness (QED) is 0.128. The van der Waals surface area contributed by atoms with E-state index >= 15 is 0 Å². The summed E-state index contributed by atoms with van der Waals surface area (Å²) in [6.45, 7) is 37.2. The minimum Gasteiger partial charge on any atom is -0.466 e. The number of furan rings is 1. The monoisotopic (exact) mass is 1130 g/mol. The number of rotatable bonds is 10. The highest BCUT2D eigenvalue weighted by atomic mass is 16.5. The molecule has 0 bridgehead atoms. The normalized spacial score (nSPS) is 13.9. The maximum atomic E-state index is 9.48. The first-order valence-corrected chi connectivity index (χ1v) is 30.0. The zero-order valence-electron chi connectivity index (χ0n) is 56.5. The van der Waals surface area contributed by atoms with Gasteiger partial charge in [0.2, 0.25) is 5.69 Å². The van der Waals surface area contributed by atoms with Gasteiger partial charge in [-0.3, -0.25) is 4.57 Å². The van der Waals surface area contributed by atoms with Crippen molar-refractivity contribution in [1.82, 2.24) is 9.55 Å². The Hall–Kier alpha value is -9.38. The summed E-state index contributed by atoms with van der Waals surface area (Å²) in [5.41, 5.74) is 16.9. The molecule has 0 N–H and O–H groups in total. The van der Waals surface area contributed by atoms with Gasteiger partial charge in [0, 0.05) is 51.3 Å². The summed E-state index contributed by atoms with van der Waals surface area (Å²) < 4.78 is 61.8. The largest absolute Gasteiger partial charge is 0.466 e. The molecule has 0 aliphatic carbocycles. The maximum absolute atomic E-state index is 9.48. The third kappa shape index (κ3) is 9.75. The number of pyridine rings is 1. The molecule has 86 heavy (non-hydrogen) atoms. The van der Waals surface area contributed by atoms with Crippen molar-refractivity contribution in [2.45, 2.75) is 118 Å². The Labute approximate surface area is 514 Å². The predicted octanol–water partition coefficient (Wildman–Crippen LogP) is 22.8. The molecule has 7 nitrogen and oxygen atoms in total. The first-order chi connectivity index (χ1) is 43.2. The molecule has 0 amide bonds. The van der Waals surface area contributed by atoms with Crippen molar-refractivity contribution in [3.8, 4) is 50.7 Å². The van der Waals surface area contributed by atoms with Crippen molar-refractivity contribution in [3.05, 3.63) is 233 Å². The number of hydrogen-bond donors (Lipinski definition) is 0. The lowest BCUT2D eigenvalue weighted by Crippen LogP contribution is -2.25. The molecule has 0 fully saturated rings. The molecule has 0 unspecified atom stereocenters. The van der Waals surface area contributed by atoms with E-state index in [0.29, 0.717) is 40.6 Å². The highest BCUT2D eigenvalue weighted by molar-refractivity contribution is 6.24. The van der Waals surface area contributed by atoms with E-state index < -0.39 is 6.04 Å². The molecule has 13 rings (SSSR count). The Kier molecular flexibility index (Phi) is 12.2. The third-order valence-electron chi connectivity index (χ3n) is 17.2. The number of anilines is 4. The second kappa shape index (κ2) is 21.0. The molecule has 7 heteroatoms. The Bertz CT molecular complexity index is 4920. The van der Waals surface area contributed by atoms with Crippen molar-refractivity contribution in [2.24, 2.45) is 0 Å². The number of benzene rings is 9. The van der Waals surface area contributed by atoms with E-state index in [4.69, 9.17) is 24.8 Å². The molecule has 3 aromatic heterocycles. The molecule has 0 saturated carbocycles. The van der Waals surface area contributed by atoms with Crippen LogP contribution in [0.2, 0.25) is 0 Å². The van der Waals surface area contributed by atoms with Crippen molar-refractivity contribution < 1.29 is 16.0 Å². The smallest absolute Gasteiger partial charge is 0.229 e. The Morgan fingerprint density at radius 3 is 1.84 bits per heavy atom. The first kappa shape index (κ1) is 50.0. The van der Waals surface area contributed by atoms with E-state index in [-0.39, 0.29) is 57.8 Å². The van der Waals surface area contributed by atoms with Crippen LogP contribution in [0.1, 0.15) is 137 Å². The van der Waals surface area contributed by atoms with Crippen molar-refractivity contribution in [2.75, 3.05) is 16.5 Å². The van der Waals surface area contributed by atoms with Gasteiger partial charge in [-0.25, -0.2) is 9.83 Å². The van der Waals surface area contributed by atoms with Gasteiger partial charge in [0.25, 0.3) is 0 Å². The van der Waals surface area contributed by atoms with Crippen LogP contribution in [0.25, 0.3) is 87.8 Å². The molecule has 1 aliphatic heterocycles. The molecule has 0 spiro atoms. The average molecular weight is 1130 g/mol. The molecule has 0 atom stereocenters. The zero-order chi connectivity index (χ0) is 64.5. The van der Waals surface area contributed by atoms with Crippen LogP contribution in [0.5, 0.6) is 11.5 Å². The summed E-state index contributed by atoms with van der Waals surface area (Å²) >= 11 is 0. The van der Waals surface area contributed by atoms with Crippen LogP contribution in [0.3, 0.4) is 0 Å². The highest BCUT2D eigenvalue weighted by Crippen LogP contribution is 2.53. The van der Waals surface area contributed by atoms with Crippen LogP contribution >= 0.6 is 0 Å². The summed E-state index contributed by atoms with van der Waals surface area (Å²) in [6.07, 6.45) is 1.88. The summed E-state index contributed by atoms with van der Waals surface area (Å²) in [7, 11) is 0. The number of hydrogen-bond acceptors (Lipinski definition) is 5. The number of nitrogens with zero attached hydrogens (tertiary/aromatic N) is 5. The van der Waals surface area contributed by atoms with E-state index in [0.717, 1.165) is 100 Å². The van der Waals surface area contributed by atoms with E-state index in [1.807, 2.05) is 42.6 Å². The van der Waals surface area contributed by atoms with Gasteiger partial charge in [0.05, 0.1) is 46.9 Å². The SMILES string of the molecule is [2H]c1c([2H])c([2H])c(-c2cccc(-c3cc(C(C)(C)C)cc(C(C)(C)C)c3)c2N2CN(c3cc(Oc4ccc5c6c7oc8c([N+]#[C-])cccc8c7ccc6n(-c6cc(C(C)(C)C)ccn6)c5c4)cc(-c4c(C(C)C)cccc4C(C)C)c3)c3ccccc32)c([2H])c1[2H]. The molecule has 4 heterocycles. The molecule has 1 aliphatic rings. The molecular formula is C79H75N5O2.